The first-order valence-corrected chi connectivity index (χ1v) is 13.0. The molecule has 0 fully saturated rings. The second kappa shape index (κ2) is 10.4. The molecule has 1 heterocycles. The van der Waals surface area contributed by atoms with Gasteiger partial charge in [-0.25, -0.2) is 22.3 Å². The second-order valence-electron chi connectivity index (χ2n) is 7.98. The van der Waals surface area contributed by atoms with Crippen LogP contribution in [0.15, 0.2) is 76.4 Å². The summed E-state index contributed by atoms with van der Waals surface area (Å²) in [5.41, 5.74) is -0.0369. The minimum Gasteiger partial charge on any atom is -0.457 e. The zero-order valence-corrected chi connectivity index (χ0v) is 21.9. The van der Waals surface area contributed by atoms with Crippen LogP contribution in [0.1, 0.15) is 21.6 Å². The number of benzene rings is 3. The van der Waals surface area contributed by atoms with Gasteiger partial charge in [0, 0.05) is 12.6 Å². The van der Waals surface area contributed by atoms with E-state index < -0.39 is 32.3 Å². The van der Waals surface area contributed by atoms with Gasteiger partial charge in [-0.3, -0.25) is 14.2 Å². The molecule has 192 valence electrons. The molecule has 0 aliphatic heterocycles. The van der Waals surface area contributed by atoms with Crippen LogP contribution in [0.3, 0.4) is 0 Å². The molecule has 3 aromatic carbocycles. The number of hydrogen-bond acceptors (Lipinski definition) is 5. The summed E-state index contributed by atoms with van der Waals surface area (Å²) in [7, 11) is -2.88. The number of hydrogen-bond donors (Lipinski definition) is 1. The van der Waals surface area contributed by atoms with Crippen molar-refractivity contribution in [2.24, 2.45) is 7.05 Å². The maximum Gasteiger partial charge on any atom is 0.338 e. The Morgan fingerprint density at radius 2 is 1.70 bits per heavy atom. The number of nitrogens with zero attached hydrogens (tertiary/aromatic N) is 2. The largest absolute Gasteiger partial charge is 0.457 e. The number of aromatic nitrogens is 2. The van der Waals surface area contributed by atoms with Gasteiger partial charge in [0.2, 0.25) is 0 Å². The summed E-state index contributed by atoms with van der Waals surface area (Å²) < 4.78 is 50.7. The lowest BCUT2D eigenvalue weighted by molar-refractivity contribution is 0.0468. The Morgan fingerprint density at radius 3 is 2.38 bits per heavy atom. The van der Waals surface area contributed by atoms with Crippen LogP contribution in [-0.4, -0.2) is 23.8 Å². The summed E-state index contributed by atoms with van der Waals surface area (Å²) in [6, 6.07) is 16.5. The minimum absolute atomic E-state index is 0.139. The molecule has 1 N–H and O–H groups in total. The Hall–Kier alpha value is -3.60. The highest BCUT2D eigenvalue weighted by atomic mass is 35.5. The molecule has 0 atom stereocenters. The summed E-state index contributed by atoms with van der Waals surface area (Å²) in [4.78, 5) is 25.2. The van der Waals surface area contributed by atoms with Gasteiger partial charge in [-0.15, -0.1) is 0 Å². The predicted molar refractivity (Wildman–Crippen MR) is 139 cm³/mol. The normalized spacial score (nSPS) is 11.4. The van der Waals surface area contributed by atoms with Crippen molar-refractivity contribution < 1.29 is 22.3 Å². The maximum atomic E-state index is 13.8. The molecule has 0 bridgehead atoms. The maximum absolute atomic E-state index is 13.8. The molecule has 4 rings (SSSR count). The number of rotatable bonds is 7. The van der Waals surface area contributed by atoms with Crippen molar-refractivity contribution in [2.75, 3.05) is 4.72 Å². The van der Waals surface area contributed by atoms with Gasteiger partial charge in [-0.1, -0.05) is 59.6 Å². The van der Waals surface area contributed by atoms with Crippen molar-refractivity contribution in [1.29, 1.82) is 0 Å². The number of carbonyl (C=O) groups excluding carboxylic acids is 1. The first kappa shape index (κ1) is 26.5. The van der Waals surface area contributed by atoms with Gasteiger partial charge in [-0.2, -0.15) is 0 Å². The highest BCUT2D eigenvalue weighted by Gasteiger charge is 2.27. The molecule has 0 spiro atoms. The standard InChI is InChI=1S/C25H20Cl2FN3O5S/c1-15-23(24(32)31(30(15)2)18-9-4-3-5-10-18)29-37(34,35)21-13-17(12-19(26)22(21)27)25(33)36-14-16-8-6-7-11-20(16)28/h3-13,29H,14H2,1-2H3. The molecule has 8 nitrogen and oxygen atoms in total. The summed E-state index contributed by atoms with van der Waals surface area (Å²) in [6.07, 6.45) is 0. The number of carbonyl (C=O) groups is 1. The molecular weight excluding hydrogens is 544 g/mol. The zero-order valence-electron chi connectivity index (χ0n) is 19.5. The molecule has 0 saturated carbocycles. The summed E-state index contributed by atoms with van der Waals surface area (Å²) in [5.74, 6) is -1.50. The molecule has 0 radical (unpaired) electrons. The average molecular weight is 564 g/mol. The van der Waals surface area contributed by atoms with E-state index in [0.29, 0.717) is 11.4 Å². The molecule has 12 heteroatoms. The van der Waals surface area contributed by atoms with Gasteiger partial charge in [0.1, 0.15) is 23.0 Å². The lowest BCUT2D eigenvalue weighted by Gasteiger charge is -2.12. The molecule has 1 aromatic heterocycles. The minimum atomic E-state index is -4.49. The second-order valence-corrected chi connectivity index (χ2v) is 10.4. The van der Waals surface area contributed by atoms with Crippen LogP contribution in [-0.2, 0) is 28.4 Å². The topological polar surface area (TPSA) is 99.4 Å². The SMILES string of the molecule is Cc1c(NS(=O)(=O)c2cc(C(=O)OCc3ccccc3F)cc(Cl)c2Cl)c(=O)n(-c2ccccc2)n1C. The Balaban J connectivity index is 1.67. The quantitative estimate of drug-likeness (QED) is 0.316. The van der Waals surface area contributed by atoms with Gasteiger partial charge >= 0.3 is 5.97 Å². The van der Waals surface area contributed by atoms with E-state index in [0.717, 1.165) is 12.1 Å². The van der Waals surface area contributed by atoms with Gasteiger partial charge in [0.05, 0.1) is 27.0 Å². The summed E-state index contributed by atoms with van der Waals surface area (Å²) in [5, 5.41) is -0.578. The third-order valence-electron chi connectivity index (χ3n) is 5.63. The fourth-order valence-corrected chi connectivity index (χ4v) is 5.53. The number of anilines is 1. The van der Waals surface area contributed by atoms with E-state index >= 15 is 0 Å². The van der Waals surface area contributed by atoms with Crippen molar-refractivity contribution in [3.8, 4) is 5.69 Å². The van der Waals surface area contributed by atoms with Crippen LogP contribution in [0.2, 0.25) is 10.0 Å². The van der Waals surface area contributed by atoms with Crippen LogP contribution < -0.4 is 10.3 Å². The third-order valence-corrected chi connectivity index (χ3v) is 7.92. The number of para-hydroxylation sites is 1. The smallest absolute Gasteiger partial charge is 0.338 e. The summed E-state index contributed by atoms with van der Waals surface area (Å²) >= 11 is 12.3. The first-order chi connectivity index (χ1) is 17.5. The number of sulfonamides is 1. The molecule has 0 saturated heterocycles. The fourth-order valence-electron chi connectivity index (χ4n) is 3.59. The van der Waals surface area contributed by atoms with E-state index in [1.165, 1.54) is 27.6 Å². The van der Waals surface area contributed by atoms with E-state index in [9.17, 15) is 22.4 Å². The molecular formula is C25H20Cl2FN3O5S. The van der Waals surface area contributed by atoms with Crippen LogP contribution >= 0.6 is 23.2 Å². The van der Waals surface area contributed by atoms with Crippen molar-refractivity contribution in [3.63, 3.8) is 0 Å². The van der Waals surface area contributed by atoms with E-state index in [1.807, 2.05) is 0 Å². The van der Waals surface area contributed by atoms with Crippen LogP contribution in [0.4, 0.5) is 10.1 Å². The molecule has 37 heavy (non-hydrogen) atoms. The van der Waals surface area contributed by atoms with E-state index in [4.69, 9.17) is 27.9 Å². The monoisotopic (exact) mass is 563 g/mol. The number of nitrogens with one attached hydrogen (secondary N) is 1. The highest BCUT2D eigenvalue weighted by molar-refractivity contribution is 7.92. The van der Waals surface area contributed by atoms with E-state index in [1.54, 1.807) is 50.4 Å². The van der Waals surface area contributed by atoms with Crippen LogP contribution in [0.25, 0.3) is 5.69 Å². The number of esters is 1. The number of ether oxygens (including phenoxy) is 1. The number of halogens is 3. The third kappa shape index (κ3) is 5.27. The lowest BCUT2D eigenvalue weighted by atomic mass is 10.2. The molecule has 0 amide bonds. The molecule has 0 aliphatic carbocycles. The highest BCUT2D eigenvalue weighted by Crippen LogP contribution is 2.32. The van der Waals surface area contributed by atoms with Gasteiger partial charge in [0.15, 0.2) is 0 Å². The summed E-state index contributed by atoms with van der Waals surface area (Å²) in [6.45, 7) is 1.19. The van der Waals surface area contributed by atoms with Gasteiger partial charge in [-0.05, 0) is 37.3 Å². The molecule has 4 aromatic rings. The van der Waals surface area contributed by atoms with E-state index in [2.05, 4.69) is 4.72 Å². The van der Waals surface area contributed by atoms with Crippen LogP contribution in [0, 0.1) is 12.7 Å². The van der Waals surface area contributed by atoms with Gasteiger partial charge < -0.3 is 4.74 Å². The Kier molecular flexibility index (Phi) is 7.44. The molecule has 0 unspecified atom stereocenters. The molecule has 0 aliphatic rings. The Labute approximate surface area is 221 Å². The van der Waals surface area contributed by atoms with Crippen molar-refractivity contribution in [1.82, 2.24) is 9.36 Å². The van der Waals surface area contributed by atoms with Crippen molar-refractivity contribution in [2.45, 2.75) is 18.4 Å². The fraction of sp³-hybridized carbons (Fsp3) is 0.120. The zero-order chi connectivity index (χ0) is 26.9. The Morgan fingerprint density at radius 1 is 1.05 bits per heavy atom. The first-order valence-electron chi connectivity index (χ1n) is 10.8. The van der Waals surface area contributed by atoms with E-state index in [-0.39, 0.29) is 33.5 Å². The average Bonchev–Trinajstić information content (AvgIpc) is 3.07. The van der Waals surface area contributed by atoms with Crippen molar-refractivity contribution >= 4 is 44.9 Å². The lowest BCUT2D eigenvalue weighted by Crippen LogP contribution is -2.23. The predicted octanol–water partition coefficient (Wildman–Crippen LogP) is 5.09. The van der Waals surface area contributed by atoms with Crippen molar-refractivity contribution in [3.05, 3.63) is 110 Å². The van der Waals surface area contributed by atoms with Gasteiger partial charge in [0.25, 0.3) is 15.6 Å². The van der Waals surface area contributed by atoms with Crippen LogP contribution in [0.5, 0.6) is 0 Å². The Bertz CT molecular complexity index is 1670.